The van der Waals surface area contributed by atoms with Crippen molar-refractivity contribution in [1.29, 1.82) is 0 Å². The van der Waals surface area contributed by atoms with Gasteiger partial charge in [-0.15, -0.1) is 0 Å². The highest BCUT2D eigenvalue weighted by atomic mass is 19.1. The van der Waals surface area contributed by atoms with E-state index in [1.54, 1.807) is 18.2 Å². The van der Waals surface area contributed by atoms with Crippen LogP contribution in [0, 0.1) is 5.82 Å². The van der Waals surface area contributed by atoms with Gasteiger partial charge in [-0.25, -0.2) is 4.39 Å². The lowest BCUT2D eigenvalue weighted by Crippen LogP contribution is -2.10. The summed E-state index contributed by atoms with van der Waals surface area (Å²) in [7, 11) is 0. The molecule has 0 aliphatic heterocycles. The van der Waals surface area contributed by atoms with E-state index >= 15 is 0 Å². The van der Waals surface area contributed by atoms with E-state index in [9.17, 15) is 19.7 Å². The van der Waals surface area contributed by atoms with Crippen LogP contribution < -0.4 is 0 Å². The monoisotopic (exact) mass is 304 g/mol. The second-order valence-corrected chi connectivity index (χ2v) is 5.49. The minimum absolute atomic E-state index is 0.0593. The number of rotatable bonds is 5. The van der Waals surface area contributed by atoms with Crippen LogP contribution in [0.25, 0.3) is 0 Å². The highest BCUT2D eigenvalue weighted by Gasteiger charge is 2.23. The maximum atomic E-state index is 13.6. The van der Waals surface area contributed by atoms with Crippen molar-refractivity contribution >= 4 is 0 Å². The summed E-state index contributed by atoms with van der Waals surface area (Å²) in [5.74, 6) is -1.14. The first-order valence-electron chi connectivity index (χ1n) is 7.48. The molecule has 2 atom stereocenters. The summed E-state index contributed by atoms with van der Waals surface area (Å²) in [6, 6.07) is 9.28. The van der Waals surface area contributed by atoms with Gasteiger partial charge in [0.05, 0.1) is 0 Å². The first-order chi connectivity index (χ1) is 10.5. The van der Waals surface area contributed by atoms with Crippen LogP contribution in [0.2, 0.25) is 0 Å². The summed E-state index contributed by atoms with van der Waals surface area (Å²) in [6.07, 6.45) is 1.61. The molecule has 118 valence electrons. The Labute approximate surface area is 129 Å². The maximum Gasteiger partial charge on any atom is 0.165 e. The van der Waals surface area contributed by atoms with Crippen LogP contribution in [0.5, 0.6) is 17.2 Å². The molecule has 2 rings (SSSR count). The van der Waals surface area contributed by atoms with E-state index in [0.29, 0.717) is 0 Å². The molecule has 0 heterocycles. The largest absolute Gasteiger partial charge is 0.505 e. The second-order valence-electron chi connectivity index (χ2n) is 5.49. The van der Waals surface area contributed by atoms with Gasteiger partial charge in [0.15, 0.2) is 23.1 Å². The van der Waals surface area contributed by atoms with E-state index in [0.717, 1.165) is 24.0 Å². The molecule has 0 saturated carbocycles. The first-order valence-corrected chi connectivity index (χ1v) is 7.48. The van der Waals surface area contributed by atoms with E-state index in [1.165, 1.54) is 18.2 Å². The van der Waals surface area contributed by atoms with Gasteiger partial charge in [-0.1, -0.05) is 26.0 Å². The molecule has 2 aromatic carbocycles. The number of benzene rings is 2. The van der Waals surface area contributed by atoms with Gasteiger partial charge < -0.3 is 15.3 Å². The predicted molar refractivity (Wildman–Crippen MR) is 83.9 cm³/mol. The molecule has 0 aromatic heterocycles. The van der Waals surface area contributed by atoms with Crippen molar-refractivity contribution in [3.05, 3.63) is 53.3 Å². The summed E-state index contributed by atoms with van der Waals surface area (Å²) in [6.45, 7) is 4.06. The van der Waals surface area contributed by atoms with Crippen molar-refractivity contribution < 1.29 is 19.7 Å². The lowest BCUT2D eigenvalue weighted by atomic mass is 9.78. The molecular weight excluding hydrogens is 283 g/mol. The van der Waals surface area contributed by atoms with Gasteiger partial charge in [0, 0.05) is 0 Å². The average Bonchev–Trinajstić information content (AvgIpc) is 2.50. The third-order valence-electron chi connectivity index (χ3n) is 4.19. The van der Waals surface area contributed by atoms with Crippen LogP contribution in [-0.2, 0) is 0 Å². The van der Waals surface area contributed by atoms with E-state index in [1.807, 2.05) is 13.8 Å². The topological polar surface area (TPSA) is 60.7 Å². The third-order valence-corrected chi connectivity index (χ3v) is 4.19. The summed E-state index contributed by atoms with van der Waals surface area (Å²) in [5.41, 5.74) is 1.72. The Morgan fingerprint density at radius 1 is 0.773 bits per heavy atom. The molecule has 2 aromatic rings. The predicted octanol–water partition coefficient (Wildman–Crippen LogP) is 4.63. The maximum absolute atomic E-state index is 13.6. The molecule has 4 heteroatoms. The van der Waals surface area contributed by atoms with Gasteiger partial charge in [0.2, 0.25) is 0 Å². The highest BCUT2D eigenvalue weighted by Crippen LogP contribution is 2.41. The Bertz CT molecular complexity index is 597. The zero-order chi connectivity index (χ0) is 16.3. The van der Waals surface area contributed by atoms with Gasteiger partial charge in [-0.3, -0.25) is 0 Å². The second kappa shape index (κ2) is 6.69. The van der Waals surface area contributed by atoms with Crippen molar-refractivity contribution in [3.8, 4) is 17.2 Å². The molecule has 0 amide bonds. The summed E-state index contributed by atoms with van der Waals surface area (Å²) in [4.78, 5) is 0. The van der Waals surface area contributed by atoms with Gasteiger partial charge in [0.1, 0.15) is 0 Å². The van der Waals surface area contributed by atoms with Gasteiger partial charge in [0.25, 0.3) is 0 Å². The average molecular weight is 304 g/mol. The first kappa shape index (κ1) is 16.1. The Morgan fingerprint density at radius 2 is 1.27 bits per heavy atom. The van der Waals surface area contributed by atoms with E-state index in [4.69, 9.17) is 0 Å². The minimum atomic E-state index is -0.626. The number of hydrogen-bond donors (Lipinski definition) is 3. The summed E-state index contributed by atoms with van der Waals surface area (Å²) < 4.78 is 13.6. The number of hydrogen-bond acceptors (Lipinski definition) is 3. The fourth-order valence-electron chi connectivity index (χ4n) is 3.03. The van der Waals surface area contributed by atoms with Crippen molar-refractivity contribution in [2.75, 3.05) is 0 Å². The standard InChI is InChI=1S/C18H21FO3/c1-3-13(11-5-7-16(20)15(19)9-11)14(4-2)12-6-8-17(21)18(22)10-12/h5-10,13-14,20-22H,3-4H2,1-2H3. The molecule has 22 heavy (non-hydrogen) atoms. The molecule has 0 bridgehead atoms. The van der Waals surface area contributed by atoms with Crippen LogP contribution in [0.4, 0.5) is 4.39 Å². The third kappa shape index (κ3) is 3.16. The molecule has 3 nitrogen and oxygen atoms in total. The minimum Gasteiger partial charge on any atom is -0.505 e. The van der Waals surface area contributed by atoms with Crippen molar-refractivity contribution in [2.45, 2.75) is 38.5 Å². The van der Waals surface area contributed by atoms with Gasteiger partial charge >= 0.3 is 0 Å². The van der Waals surface area contributed by atoms with Crippen molar-refractivity contribution in [2.24, 2.45) is 0 Å². The summed E-state index contributed by atoms with van der Waals surface area (Å²) in [5, 5.41) is 28.5. The van der Waals surface area contributed by atoms with Crippen LogP contribution in [0.15, 0.2) is 36.4 Å². The fourth-order valence-corrected chi connectivity index (χ4v) is 3.03. The number of phenolic OH excluding ortho intramolecular Hbond substituents is 3. The number of halogens is 1. The molecule has 0 fully saturated rings. The Kier molecular flexibility index (Phi) is 4.91. The molecule has 2 unspecified atom stereocenters. The molecule has 0 spiro atoms. The van der Waals surface area contributed by atoms with E-state index < -0.39 is 5.82 Å². The van der Waals surface area contributed by atoms with Crippen molar-refractivity contribution in [3.63, 3.8) is 0 Å². The van der Waals surface area contributed by atoms with E-state index in [-0.39, 0.29) is 29.1 Å². The molecular formula is C18H21FO3. The van der Waals surface area contributed by atoms with E-state index in [2.05, 4.69) is 0 Å². The van der Waals surface area contributed by atoms with Crippen LogP contribution in [0.3, 0.4) is 0 Å². The fraction of sp³-hybridized carbons (Fsp3) is 0.333. The molecule has 0 saturated heterocycles. The van der Waals surface area contributed by atoms with Crippen LogP contribution >= 0.6 is 0 Å². The highest BCUT2D eigenvalue weighted by molar-refractivity contribution is 5.43. The quantitative estimate of drug-likeness (QED) is 0.706. The van der Waals surface area contributed by atoms with Gasteiger partial charge in [-0.05, 0) is 60.1 Å². The normalized spacial score (nSPS) is 13.8. The Morgan fingerprint density at radius 3 is 1.73 bits per heavy atom. The number of aromatic hydroxyl groups is 3. The van der Waals surface area contributed by atoms with Gasteiger partial charge in [-0.2, -0.15) is 0 Å². The molecule has 0 aliphatic carbocycles. The molecule has 0 aliphatic rings. The lowest BCUT2D eigenvalue weighted by Gasteiger charge is -2.26. The molecule has 0 radical (unpaired) electrons. The number of phenols is 3. The summed E-state index contributed by atoms with van der Waals surface area (Å²) >= 11 is 0. The van der Waals surface area contributed by atoms with Crippen LogP contribution in [-0.4, -0.2) is 15.3 Å². The van der Waals surface area contributed by atoms with Crippen LogP contribution in [0.1, 0.15) is 49.7 Å². The Balaban J connectivity index is 2.41. The zero-order valence-corrected chi connectivity index (χ0v) is 12.8. The lowest BCUT2D eigenvalue weighted by molar-refractivity contribution is 0.401. The smallest absolute Gasteiger partial charge is 0.165 e. The SMILES string of the molecule is CCC(c1ccc(O)c(O)c1)C(CC)c1ccc(O)c(F)c1. The molecule has 3 N–H and O–H groups in total. The zero-order valence-electron chi connectivity index (χ0n) is 12.8. The Hall–Kier alpha value is -2.23. The van der Waals surface area contributed by atoms with Crippen molar-refractivity contribution in [1.82, 2.24) is 0 Å².